The summed E-state index contributed by atoms with van der Waals surface area (Å²) in [5.41, 5.74) is -0.230. The number of hydrogen-bond acceptors (Lipinski definition) is 3. The molecule has 2 aromatic carbocycles. The molecule has 0 saturated carbocycles. The number of esters is 1. The molecule has 0 aliphatic heterocycles. The SMILES string of the molecule is O=C(COC(=O)c1c(F)cccc1F)NCc1ccc(Cl)cc1Cl. The van der Waals surface area contributed by atoms with Gasteiger partial charge in [0.1, 0.15) is 17.2 Å². The molecule has 4 nitrogen and oxygen atoms in total. The number of halogens is 4. The summed E-state index contributed by atoms with van der Waals surface area (Å²) in [6, 6.07) is 7.71. The van der Waals surface area contributed by atoms with Crippen molar-refractivity contribution in [1.29, 1.82) is 0 Å². The maximum Gasteiger partial charge on any atom is 0.344 e. The van der Waals surface area contributed by atoms with Gasteiger partial charge in [0.2, 0.25) is 0 Å². The van der Waals surface area contributed by atoms with Crippen molar-refractivity contribution < 1.29 is 23.1 Å². The first-order valence-corrected chi connectivity index (χ1v) is 7.46. The molecule has 24 heavy (non-hydrogen) atoms. The van der Waals surface area contributed by atoms with Crippen LogP contribution in [-0.2, 0) is 16.1 Å². The minimum atomic E-state index is -1.26. The average molecular weight is 374 g/mol. The Bertz CT molecular complexity index is 764. The van der Waals surface area contributed by atoms with Crippen molar-refractivity contribution in [3.05, 3.63) is 69.2 Å². The summed E-state index contributed by atoms with van der Waals surface area (Å²) in [5, 5.41) is 3.29. The summed E-state index contributed by atoms with van der Waals surface area (Å²) in [6.07, 6.45) is 0. The van der Waals surface area contributed by atoms with E-state index in [-0.39, 0.29) is 6.54 Å². The largest absolute Gasteiger partial charge is 0.452 e. The number of nitrogens with one attached hydrogen (secondary N) is 1. The zero-order chi connectivity index (χ0) is 17.7. The van der Waals surface area contributed by atoms with E-state index in [4.69, 9.17) is 23.2 Å². The fourth-order valence-electron chi connectivity index (χ4n) is 1.81. The number of rotatable bonds is 5. The molecule has 8 heteroatoms. The number of ether oxygens (including phenoxy) is 1. The highest BCUT2D eigenvalue weighted by molar-refractivity contribution is 6.35. The van der Waals surface area contributed by atoms with Gasteiger partial charge in [-0.05, 0) is 29.8 Å². The van der Waals surface area contributed by atoms with Crippen LogP contribution in [0.3, 0.4) is 0 Å². The summed E-state index contributed by atoms with van der Waals surface area (Å²) in [5.74, 6) is -4.03. The van der Waals surface area contributed by atoms with Gasteiger partial charge >= 0.3 is 5.97 Å². The predicted molar refractivity (Wildman–Crippen MR) is 84.9 cm³/mol. The van der Waals surface area contributed by atoms with Gasteiger partial charge in [-0.1, -0.05) is 35.3 Å². The molecule has 126 valence electrons. The van der Waals surface area contributed by atoms with Crippen LogP contribution in [0.15, 0.2) is 36.4 Å². The fraction of sp³-hybridized carbons (Fsp3) is 0.125. The van der Waals surface area contributed by atoms with Gasteiger partial charge in [-0.3, -0.25) is 4.79 Å². The molecule has 2 aromatic rings. The Morgan fingerprint density at radius 2 is 1.75 bits per heavy atom. The summed E-state index contributed by atoms with van der Waals surface area (Å²) < 4.78 is 31.4. The lowest BCUT2D eigenvalue weighted by Gasteiger charge is -2.09. The lowest BCUT2D eigenvalue weighted by Crippen LogP contribution is -2.28. The molecule has 1 N–H and O–H groups in total. The van der Waals surface area contributed by atoms with Crippen molar-refractivity contribution in [1.82, 2.24) is 5.32 Å². The van der Waals surface area contributed by atoms with Crippen molar-refractivity contribution in [3.8, 4) is 0 Å². The first-order chi connectivity index (χ1) is 11.4. The van der Waals surface area contributed by atoms with Crippen molar-refractivity contribution in [2.45, 2.75) is 6.54 Å². The fourth-order valence-corrected chi connectivity index (χ4v) is 2.28. The monoisotopic (exact) mass is 373 g/mol. The number of carbonyl (C=O) groups excluding carboxylic acids is 2. The Kier molecular flexibility index (Phi) is 6.11. The molecule has 0 saturated heterocycles. The van der Waals surface area contributed by atoms with E-state index < -0.39 is 35.7 Å². The Hall–Kier alpha value is -2.18. The van der Waals surface area contributed by atoms with Crippen LogP contribution in [0.5, 0.6) is 0 Å². The maximum atomic E-state index is 13.4. The number of hydrogen-bond donors (Lipinski definition) is 1. The van der Waals surface area contributed by atoms with Gasteiger partial charge in [0, 0.05) is 16.6 Å². The number of benzene rings is 2. The lowest BCUT2D eigenvalue weighted by atomic mass is 10.2. The van der Waals surface area contributed by atoms with Crippen LogP contribution in [0.2, 0.25) is 10.0 Å². The Labute approximate surface area is 146 Å². The van der Waals surface area contributed by atoms with E-state index >= 15 is 0 Å². The molecule has 0 aliphatic rings. The van der Waals surface area contributed by atoms with Gasteiger partial charge in [-0.15, -0.1) is 0 Å². The van der Waals surface area contributed by atoms with Gasteiger partial charge in [0.15, 0.2) is 6.61 Å². The minimum Gasteiger partial charge on any atom is -0.452 e. The van der Waals surface area contributed by atoms with E-state index in [1.54, 1.807) is 12.1 Å². The molecule has 0 aliphatic carbocycles. The Balaban J connectivity index is 1.88. The molecule has 0 bridgehead atoms. The molecule has 2 rings (SSSR count). The maximum absolute atomic E-state index is 13.4. The first-order valence-electron chi connectivity index (χ1n) is 6.70. The summed E-state index contributed by atoms with van der Waals surface area (Å²) in [7, 11) is 0. The van der Waals surface area contributed by atoms with Crippen LogP contribution < -0.4 is 5.32 Å². The topological polar surface area (TPSA) is 55.4 Å². The second kappa shape index (κ2) is 8.08. The highest BCUT2D eigenvalue weighted by Crippen LogP contribution is 2.20. The highest BCUT2D eigenvalue weighted by Gasteiger charge is 2.19. The molecule has 0 unspecified atom stereocenters. The molecular weight excluding hydrogens is 363 g/mol. The standard InChI is InChI=1S/C16H11Cl2F2NO3/c17-10-5-4-9(11(18)6-10)7-21-14(22)8-24-16(23)15-12(19)2-1-3-13(15)20/h1-6H,7-8H2,(H,21,22). The zero-order valence-electron chi connectivity index (χ0n) is 12.1. The van der Waals surface area contributed by atoms with E-state index in [2.05, 4.69) is 10.1 Å². The molecule has 0 heterocycles. The van der Waals surface area contributed by atoms with Crippen LogP contribution in [0.25, 0.3) is 0 Å². The van der Waals surface area contributed by atoms with Crippen molar-refractivity contribution in [2.75, 3.05) is 6.61 Å². The molecule has 0 fully saturated rings. The highest BCUT2D eigenvalue weighted by atomic mass is 35.5. The normalized spacial score (nSPS) is 10.3. The van der Waals surface area contributed by atoms with E-state index in [1.165, 1.54) is 6.07 Å². The molecule has 0 spiro atoms. The van der Waals surface area contributed by atoms with E-state index in [9.17, 15) is 18.4 Å². The summed E-state index contributed by atoms with van der Waals surface area (Å²) >= 11 is 11.7. The molecule has 0 radical (unpaired) electrons. The predicted octanol–water partition coefficient (Wildman–Crippen LogP) is 3.74. The Morgan fingerprint density at radius 3 is 2.38 bits per heavy atom. The van der Waals surface area contributed by atoms with Gasteiger partial charge in [-0.2, -0.15) is 0 Å². The summed E-state index contributed by atoms with van der Waals surface area (Å²) in [4.78, 5) is 23.3. The van der Waals surface area contributed by atoms with Gasteiger partial charge in [0.25, 0.3) is 5.91 Å². The van der Waals surface area contributed by atoms with Crippen LogP contribution in [0, 0.1) is 11.6 Å². The van der Waals surface area contributed by atoms with Crippen molar-refractivity contribution in [3.63, 3.8) is 0 Å². The quantitative estimate of drug-likeness (QED) is 0.812. The zero-order valence-corrected chi connectivity index (χ0v) is 13.6. The van der Waals surface area contributed by atoms with Crippen molar-refractivity contribution >= 4 is 35.1 Å². The number of carbonyl (C=O) groups is 2. The minimum absolute atomic E-state index is 0.0838. The lowest BCUT2D eigenvalue weighted by molar-refractivity contribution is -0.124. The molecule has 1 amide bonds. The second-order valence-corrected chi connectivity index (χ2v) is 5.53. The second-order valence-electron chi connectivity index (χ2n) is 4.69. The van der Waals surface area contributed by atoms with Crippen LogP contribution in [0.1, 0.15) is 15.9 Å². The van der Waals surface area contributed by atoms with E-state index in [1.807, 2.05) is 0 Å². The molecular formula is C16H11Cl2F2NO3. The average Bonchev–Trinajstić information content (AvgIpc) is 2.52. The number of amides is 1. The van der Waals surface area contributed by atoms with E-state index in [0.29, 0.717) is 15.6 Å². The van der Waals surface area contributed by atoms with Crippen LogP contribution >= 0.6 is 23.2 Å². The third kappa shape index (κ3) is 4.66. The van der Waals surface area contributed by atoms with Crippen LogP contribution in [-0.4, -0.2) is 18.5 Å². The third-order valence-corrected chi connectivity index (χ3v) is 3.58. The molecule has 0 aromatic heterocycles. The van der Waals surface area contributed by atoms with Gasteiger partial charge in [-0.25, -0.2) is 13.6 Å². The van der Waals surface area contributed by atoms with Crippen LogP contribution in [0.4, 0.5) is 8.78 Å². The van der Waals surface area contributed by atoms with Crippen molar-refractivity contribution in [2.24, 2.45) is 0 Å². The van der Waals surface area contributed by atoms with E-state index in [0.717, 1.165) is 18.2 Å². The first kappa shape index (κ1) is 18.2. The van der Waals surface area contributed by atoms with Gasteiger partial charge in [0.05, 0.1) is 0 Å². The Morgan fingerprint density at radius 1 is 1.08 bits per heavy atom. The van der Waals surface area contributed by atoms with Gasteiger partial charge < -0.3 is 10.1 Å². The third-order valence-electron chi connectivity index (χ3n) is 2.99. The summed E-state index contributed by atoms with van der Waals surface area (Å²) in [6.45, 7) is -0.599. The smallest absolute Gasteiger partial charge is 0.344 e. The molecule has 0 atom stereocenters.